The van der Waals surface area contributed by atoms with Crippen molar-refractivity contribution in [2.45, 2.75) is 18.3 Å². The van der Waals surface area contributed by atoms with Crippen LogP contribution in [0.3, 0.4) is 0 Å². The molecule has 88 valence electrons. The summed E-state index contributed by atoms with van der Waals surface area (Å²) in [4.78, 5) is 0. The molecule has 4 heteroatoms. The highest BCUT2D eigenvalue weighted by molar-refractivity contribution is 6.30. The summed E-state index contributed by atoms with van der Waals surface area (Å²) in [6.45, 7) is 1.87. The second-order valence-electron chi connectivity index (χ2n) is 4.26. The van der Waals surface area contributed by atoms with Gasteiger partial charge in [0.05, 0.1) is 0 Å². The molecular weight excluding hydrogens is 226 g/mol. The first kappa shape index (κ1) is 11.7. The maximum Gasteiger partial charge on any atom is 0.119 e. The monoisotopic (exact) mass is 241 g/mol. The summed E-state index contributed by atoms with van der Waals surface area (Å²) in [6.07, 6.45) is 1.66. The molecule has 3 N–H and O–H groups in total. The van der Waals surface area contributed by atoms with Gasteiger partial charge in [-0.05, 0) is 31.0 Å². The van der Waals surface area contributed by atoms with E-state index in [1.807, 2.05) is 6.07 Å². The molecule has 1 aromatic carbocycles. The Hall–Kier alpha value is -0.770. The fourth-order valence-electron chi connectivity index (χ4n) is 2.28. The summed E-state index contributed by atoms with van der Waals surface area (Å²) in [5.41, 5.74) is 6.54. The largest absolute Gasteiger partial charge is 0.508 e. The van der Waals surface area contributed by atoms with Crippen LogP contribution in [0.15, 0.2) is 18.2 Å². The smallest absolute Gasteiger partial charge is 0.119 e. The molecule has 0 radical (unpaired) electrons. The van der Waals surface area contributed by atoms with Gasteiger partial charge in [0, 0.05) is 35.8 Å². The average molecular weight is 242 g/mol. The number of hydrogen-bond acceptors (Lipinski definition) is 3. The topological polar surface area (TPSA) is 55.5 Å². The number of aromatic hydroxyl groups is 1. The number of phenolic OH excluding ortho intramolecular Hbond substituents is 1. The second kappa shape index (κ2) is 4.62. The Morgan fingerprint density at radius 3 is 2.69 bits per heavy atom. The quantitative estimate of drug-likeness (QED) is 0.833. The number of halogens is 1. The highest BCUT2D eigenvalue weighted by Crippen LogP contribution is 2.39. The van der Waals surface area contributed by atoms with Crippen LogP contribution in [-0.2, 0) is 10.2 Å². The van der Waals surface area contributed by atoms with E-state index in [1.54, 1.807) is 12.1 Å². The molecule has 1 aliphatic heterocycles. The number of rotatable bonds is 2. The van der Waals surface area contributed by atoms with Gasteiger partial charge in [0.25, 0.3) is 0 Å². The SMILES string of the molecule is NCC1(c2cc(Cl)ccc2O)CCOCC1. The lowest BCUT2D eigenvalue weighted by Crippen LogP contribution is -2.40. The van der Waals surface area contributed by atoms with Crippen molar-refractivity contribution in [2.75, 3.05) is 19.8 Å². The fraction of sp³-hybridized carbons (Fsp3) is 0.500. The van der Waals surface area contributed by atoms with Crippen LogP contribution in [0, 0.1) is 0 Å². The summed E-state index contributed by atoms with van der Waals surface area (Å²) < 4.78 is 5.35. The van der Waals surface area contributed by atoms with Crippen LogP contribution in [0.5, 0.6) is 5.75 Å². The first-order valence-electron chi connectivity index (χ1n) is 5.45. The molecule has 1 heterocycles. The van der Waals surface area contributed by atoms with Crippen molar-refractivity contribution >= 4 is 11.6 Å². The second-order valence-corrected chi connectivity index (χ2v) is 4.69. The van der Waals surface area contributed by atoms with Crippen molar-refractivity contribution in [1.29, 1.82) is 0 Å². The van der Waals surface area contributed by atoms with Gasteiger partial charge < -0.3 is 15.6 Å². The molecule has 0 aliphatic carbocycles. The maximum atomic E-state index is 9.93. The molecular formula is C12H16ClNO2. The van der Waals surface area contributed by atoms with E-state index in [0.29, 0.717) is 24.8 Å². The van der Waals surface area contributed by atoms with Crippen LogP contribution >= 0.6 is 11.6 Å². The minimum atomic E-state index is -0.187. The normalized spacial score (nSPS) is 19.6. The van der Waals surface area contributed by atoms with E-state index in [1.165, 1.54) is 0 Å². The zero-order chi connectivity index (χ0) is 11.6. The molecule has 0 spiro atoms. The number of nitrogens with two attached hydrogens (primary N) is 1. The molecule has 1 aliphatic rings. The van der Waals surface area contributed by atoms with Gasteiger partial charge in [-0.2, -0.15) is 0 Å². The summed E-state index contributed by atoms with van der Waals surface area (Å²) in [7, 11) is 0. The van der Waals surface area contributed by atoms with E-state index < -0.39 is 0 Å². The Morgan fingerprint density at radius 2 is 2.06 bits per heavy atom. The van der Waals surface area contributed by atoms with Gasteiger partial charge in [-0.1, -0.05) is 11.6 Å². The molecule has 1 aromatic rings. The van der Waals surface area contributed by atoms with Crippen LogP contribution < -0.4 is 5.73 Å². The molecule has 0 aromatic heterocycles. The Morgan fingerprint density at radius 1 is 1.38 bits per heavy atom. The Bertz CT molecular complexity index is 375. The first-order valence-corrected chi connectivity index (χ1v) is 5.82. The Kier molecular flexibility index (Phi) is 3.38. The zero-order valence-electron chi connectivity index (χ0n) is 9.08. The lowest BCUT2D eigenvalue weighted by molar-refractivity contribution is 0.0522. The first-order chi connectivity index (χ1) is 7.68. The molecule has 0 atom stereocenters. The Labute approximate surface area is 100 Å². The van der Waals surface area contributed by atoms with E-state index in [2.05, 4.69) is 0 Å². The van der Waals surface area contributed by atoms with Crippen molar-refractivity contribution in [3.05, 3.63) is 28.8 Å². The van der Waals surface area contributed by atoms with Crippen LogP contribution in [0.1, 0.15) is 18.4 Å². The molecule has 16 heavy (non-hydrogen) atoms. The van der Waals surface area contributed by atoms with E-state index in [9.17, 15) is 5.11 Å². The highest BCUT2D eigenvalue weighted by atomic mass is 35.5. The minimum Gasteiger partial charge on any atom is -0.508 e. The summed E-state index contributed by atoms with van der Waals surface area (Å²) in [5.74, 6) is 0.275. The highest BCUT2D eigenvalue weighted by Gasteiger charge is 2.35. The molecule has 0 bridgehead atoms. The molecule has 1 fully saturated rings. The third-order valence-electron chi connectivity index (χ3n) is 3.37. The molecule has 1 saturated heterocycles. The van der Waals surface area contributed by atoms with Crippen molar-refractivity contribution in [3.8, 4) is 5.75 Å². The van der Waals surface area contributed by atoms with Gasteiger partial charge in [-0.15, -0.1) is 0 Å². The summed E-state index contributed by atoms with van der Waals surface area (Å²) in [5, 5.41) is 10.6. The number of ether oxygens (including phenoxy) is 1. The maximum absolute atomic E-state index is 9.93. The zero-order valence-corrected chi connectivity index (χ0v) is 9.83. The van der Waals surface area contributed by atoms with Crippen molar-refractivity contribution in [2.24, 2.45) is 5.73 Å². The van der Waals surface area contributed by atoms with Crippen LogP contribution in [0.2, 0.25) is 5.02 Å². The van der Waals surface area contributed by atoms with Crippen molar-refractivity contribution in [1.82, 2.24) is 0 Å². The molecule has 0 amide bonds. The van der Waals surface area contributed by atoms with Gasteiger partial charge in [-0.3, -0.25) is 0 Å². The van der Waals surface area contributed by atoms with Crippen LogP contribution in [-0.4, -0.2) is 24.9 Å². The van der Waals surface area contributed by atoms with Gasteiger partial charge in [-0.25, -0.2) is 0 Å². The molecule has 3 nitrogen and oxygen atoms in total. The summed E-state index contributed by atoms with van der Waals surface area (Å²) >= 11 is 5.97. The lowest BCUT2D eigenvalue weighted by Gasteiger charge is -2.37. The third kappa shape index (κ3) is 2.03. The van der Waals surface area contributed by atoms with E-state index in [4.69, 9.17) is 22.1 Å². The van der Waals surface area contributed by atoms with Crippen molar-refractivity contribution in [3.63, 3.8) is 0 Å². The molecule has 0 unspecified atom stereocenters. The average Bonchev–Trinajstić information content (AvgIpc) is 2.33. The van der Waals surface area contributed by atoms with E-state index >= 15 is 0 Å². The van der Waals surface area contributed by atoms with Gasteiger partial charge >= 0.3 is 0 Å². The minimum absolute atomic E-state index is 0.187. The van der Waals surface area contributed by atoms with Crippen molar-refractivity contribution < 1.29 is 9.84 Å². The standard InChI is InChI=1S/C12H16ClNO2/c13-9-1-2-11(15)10(7-9)12(8-14)3-5-16-6-4-12/h1-2,7,15H,3-6,8,14H2. The predicted octanol–water partition coefficient (Wildman–Crippen LogP) is 2.05. The van der Waals surface area contributed by atoms with E-state index in [-0.39, 0.29) is 11.2 Å². The predicted molar refractivity (Wildman–Crippen MR) is 63.9 cm³/mol. The van der Waals surface area contributed by atoms with Gasteiger partial charge in [0.15, 0.2) is 0 Å². The summed E-state index contributed by atoms with van der Waals surface area (Å²) in [6, 6.07) is 5.13. The van der Waals surface area contributed by atoms with E-state index in [0.717, 1.165) is 18.4 Å². The van der Waals surface area contributed by atoms with Gasteiger partial charge in [0.1, 0.15) is 5.75 Å². The third-order valence-corrected chi connectivity index (χ3v) is 3.61. The molecule has 0 saturated carbocycles. The lowest BCUT2D eigenvalue weighted by atomic mass is 9.74. The van der Waals surface area contributed by atoms with Crippen LogP contribution in [0.4, 0.5) is 0 Å². The van der Waals surface area contributed by atoms with Gasteiger partial charge in [0.2, 0.25) is 0 Å². The molecule has 2 rings (SSSR count). The number of hydrogen-bond donors (Lipinski definition) is 2. The Balaban J connectivity index is 2.42. The van der Waals surface area contributed by atoms with Crippen LogP contribution in [0.25, 0.3) is 0 Å². The number of phenols is 1. The fourth-order valence-corrected chi connectivity index (χ4v) is 2.45. The number of benzene rings is 1.